The van der Waals surface area contributed by atoms with Crippen LogP contribution in [0.4, 0.5) is 52.7 Å². The molecule has 0 aromatic carbocycles. The van der Waals surface area contributed by atoms with Crippen LogP contribution < -0.4 is 0 Å². The summed E-state index contributed by atoms with van der Waals surface area (Å²) in [6.07, 6.45) is -19.1. The summed E-state index contributed by atoms with van der Waals surface area (Å²) in [7, 11) is -5.84. The summed E-state index contributed by atoms with van der Waals surface area (Å²) in [5.74, 6) is -6.42. The molecule has 7 nitrogen and oxygen atoms in total. The van der Waals surface area contributed by atoms with Crippen molar-refractivity contribution in [2.75, 3.05) is 5.75 Å². The lowest BCUT2D eigenvalue weighted by Gasteiger charge is -2.35. The fraction of sp³-hybridized carbons (Fsp3) is 0.926. The van der Waals surface area contributed by atoms with Gasteiger partial charge >= 0.3 is 47.8 Å². The third-order valence-corrected chi connectivity index (χ3v) is 8.07. The molecule has 0 bridgehead atoms. The molecule has 47 heavy (non-hydrogen) atoms. The van der Waals surface area contributed by atoms with Crippen molar-refractivity contribution in [1.82, 2.24) is 0 Å². The number of ether oxygens (including phenoxy) is 2. The van der Waals surface area contributed by atoms with Gasteiger partial charge in [-0.25, -0.2) is 0 Å². The van der Waals surface area contributed by atoms with Gasteiger partial charge in [-0.1, -0.05) is 84.0 Å². The molecular weight excluding hydrogens is 696 g/mol. The molecule has 0 saturated carbocycles. The van der Waals surface area contributed by atoms with E-state index in [9.17, 15) is 70.7 Å². The Kier molecular flexibility index (Phi) is 17.9. The number of esters is 2. The van der Waals surface area contributed by atoms with Gasteiger partial charge in [-0.15, -0.1) is 0 Å². The molecule has 0 amide bonds. The third-order valence-electron chi connectivity index (χ3n) is 7.30. The van der Waals surface area contributed by atoms with E-state index in [-0.39, 0.29) is 19.3 Å². The lowest BCUT2D eigenvalue weighted by Crippen LogP contribution is -2.63. The highest BCUT2D eigenvalue weighted by Crippen LogP contribution is 2.49. The van der Waals surface area contributed by atoms with Gasteiger partial charge in [0.05, 0.1) is 0 Å². The van der Waals surface area contributed by atoms with Crippen molar-refractivity contribution in [2.45, 2.75) is 152 Å². The molecule has 20 heteroatoms. The summed E-state index contributed by atoms with van der Waals surface area (Å²) in [6, 6.07) is 0. The van der Waals surface area contributed by atoms with Gasteiger partial charge in [-0.3, -0.25) is 14.1 Å². The van der Waals surface area contributed by atoms with Gasteiger partial charge in [0.15, 0.2) is 0 Å². The molecule has 0 saturated heterocycles. The van der Waals surface area contributed by atoms with E-state index in [1.807, 2.05) is 0 Å². The van der Waals surface area contributed by atoms with Crippen LogP contribution in [0.15, 0.2) is 0 Å². The number of rotatable bonds is 22. The first-order valence-corrected chi connectivity index (χ1v) is 16.5. The zero-order valence-corrected chi connectivity index (χ0v) is 26.4. The van der Waals surface area contributed by atoms with Gasteiger partial charge in [0.1, 0.15) is 5.75 Å². The Morgan fingerprint density at radius 3 is 0.936 bits per heavy atom. The first-order valence-electron chi connectivity index (χ1n) is 14.9. The number of alkyl halides is 12. The van der Waals surface area contributed by atoms with Crippen LogP contribution in [-0.4, -0.2) is 66.6 Å². The zero-order chi connectivity index (χ0) is 36.8. The molecule has 0 aromatic rings. The Labute approximate surface area is 264 Å². The Morgan fingerprint density at radius 1 is 0.489 bits per heavy atom. The van der Waals surface area contributed by atoms with Gasteiger partial charge in [-0.05, 0) is 12.8 Å². The lowest BCUT2D eigenvalue weighted by molar-refractivity contribution is -0.370. The summed E-state index contributed by atoms with van der Waals surface area (Å²) in [6.45, 7) is 0.632. The summed E-state index contributed by atoms with van der Waals surface area (Å²) >= 11 is 0. The van der Waals surface area contributed by atoms with Crippen molar-refractivity contribution in [1.29, 1.82) is 0 Å². The fourth-order valence-electron chi connectivity index (χ4n) is 4.63. The molecule has 1 N–H and O–H groups in total. The lowest BCUT2D eigenvalue weighted by atomic mass is 9.98. The maximum Gasteiger partial charge on any atom is 0.438 e. The minimum absolute atomic E-state index is 0.0749. The smallest absolute Gasteiger partial charge is 0.438 e. The number of unbranched alkanes of at least 4 members (excludes halogenated alkanes) is 13. The van der Waals surface area contributed by atoms with Gasteiger partial charge in [0, 0.05) is 19.3 Å². The molecule has 0 aromatic heterocycles. The van der Waals surface area contributed by atoms with E-state index in [2.05, 4.69) is 9.47 Å². The average Bonchev–Trinajstić information content (AvgIpc) is 2.87. The normalized spacial score (nSPS) is 13.9. The Morgan fingerprint density at radius 2 is 0.723 bits per heavy atom. The highest BCUT2D eigenvalue weighted by atomic mass is 32.2. The number of carbonyl (C=O) groups is 2. The van der Waals surface area contributed by atoms with Crippen molar-refractivity contribution in [3.63, 3.8) is 0 Å². The van der Waals surface area contributed by atoms with Crippen LogP contribution in [0.5, 0.6) is 0 Å². The molecule has 0 heterocycles. The van der Waals surface area contributed by atoms with Crippen molar-refractivity contribution >= 4 is 22.1 Å². The molecule has 0 rings (SSSR count). The van der Waals surface area contributed by atoms with Crippen LogP contribution in [0.3, 0.4) is 0 Å². The van der Waals surface area contributed by atoms with Crippen molar-refractivity contribution in [3.05, 3.63) is 0 Å². The predicted molar refractivity (Wildman–Crippen MR) is 142 cm³/mol. The monoisotopic (exact) mass is 736 g/mol. The van der Waals surface area contributed by atoms with E-state index >= 15 is 0 Å². The highest BCUT2D eigenvalue weighted by Gasteiger charge is 2.76. The third kappa shape index (κ3) is 15.0. The van der Waals surface area contributed by atoms with Crippen molar-refractivity contribution < 1.29 is 84.7 Å². The van der Waals surface area contributed by atoms with Gasteiger partial charge in [0.25, 0.3) is 10.1 Å². The van der Waals surface area contributed by atoms with Crippen LogP contribution in [0.25, 0.3) is 0 Å². The second-order valence-electron chi connectivity index (χ2n) is 11.1. The molecule has 0 unspecified atom stereocenters. The first-order chi connectivity index (χ1) is 21.3. The molecule has 0 radical (unpaired) electrons. The second kappa shape index (κ2) is 18.7. The highest BCUT2D eigenvalue weighted by molar-refractivity contribution is 7.85. The van der Waals surface area contributed by atoms with Gasteiger partial charge in [0.2, 0.25) is 0 Å². The van der Waals surface area contributed by atoms with Crippen LogP contribution in [0, 0.1) is 0 Å². The number of hydrogen-bond donors (Lipinski definition) is 1. The molecule has 0 spiro atoms. The quantitative estimate of drug-likeness (QED) is 0.0511. The number of hydrogen-bond acceptors (Lipinski definition) is 6. The second-order valence-corrected chi connectivity index (χ2v) is 12.6. The predicted octanol–water partition coefficient (Wildman–Crippen LogP) is 9.34. The maximum absolute atomic E-state index is 13.2. The van der Waals surface area contributed by atoms with Crippen LogP contribution >= 0.6 is 0 Å². The van der Waals surface area contributed by atoms with Crippen molar-refractivity contribution in [3.8, 4) is 0 Å². The Bertz CT molecular complexity index is 1020. The maximum atomic E-state index is 13.2. The Balaban J connectivity index is 4.11. The van der Waals surface area contributed by atoms with Crippen LogP contribution in [0.1, 0.15) is 116 Å². The minimum Gasteiger partial charge on any atom is -0.439 e. The molecule has 0 fully saturated rings. The van der Waals surface area contributed by atoms with E-state index in [4.69, 9.17) is 4.55 Å². The largest absolute Gasteiger partial charge is 0.439 e. The van der Waals surface area contributed by atoms with E-state index in [1.165, 1.54) is 0 Å². The van der Waals surface area contributed by atoms with Crippen molar-refractivity contribution in [2.24, 2.45) is 0 Å². The standard InChI is InChI=1S/C27H40F12O7S/c1-2-22(24(28,29)30,25(31,32)33)45-20(40)17-15-13-11-9-7-5-3-4-6-8-10-12-14-16-18-21(41)46-23(26(34,35)36,27(37,38)39)19-47(42,43)44/h2-19H2,1H3,(H,42,43,44). The molecule has 0 aliphatic carbocycles. The van der Waals surface area contributed by atoms with Gasteiger partial charge < -0.3 is 9.47 Å². The molecule has 0 aliphatic rings. The van der Waals surface area contributed by atoms with E-state index in [0.717, 1.165) is 44.9 Å². The minimum atomic E-state index is -6.37. The average molecular weight is 737 g/mol. The van der Waals surface area contributed by atoms with E-state index in [0.29, 0.717) is 32.6 Å². The summed E-state index contributed by atoms with van der Waals surface area (Å²) < 4.78 is 195. The Hall–Kier alpha value is -1.99. The zero-order valence-electron chi connectivity index (χ0n) is 25.6. The SMILES string of the molecule is CCC(OC(=O)CCCCCCCCCCCCCCCCC(=O)OC(CS(=O)(=O)O)(C(F)(F)F)C(F)(F)F)(C(F)(F)F)C(F)(F)F. The summed E-state index contributed by atoms with van der Waals surface area (Å²) in [5.41, 5.74) is -9.95. The molecule has 280 valence electrons. The van der Waals surface area contributed by atoms with E-state index in [1.54, 1.807) is 0 Å². The number of halogens is 12. The molecule has 0 aliphatic heterocycles. The topological polar surface area (TPSA) is 107 Å². The number of carbonyl (C=O) groups excluding carboxylic acids is 2. The van der Waals surface area contributed by atoms with Crippen LogP contribution in [0.2, 0.25) is 0 Å². The van der Waals surface area contributed by atoms with Gasteiger partial charge in [-0.2, -0.15) is 61.1 Å². The molecule has 0 atom stereocenters. The van der Waals surface area contributed by atoms with Crippen LogP contribution in [-0.2, 0) is 29.2 Å². The summed E-state index contributed by atoms with van der Waals surface area (Å²) in [4.78, 5) is 23.4. The van der Waals surface area contributed by atoms with E-state index < -0.39 is 83.0 Å². The summed E-state index contributed by atoms with van der Waals surface area (Å²) in [5, 5.41) is 0. The first kappa shape index (κ1) is 45.0. The fourth-order valence-corrected chi connectivity index (χ4v) is 5.53. The molecular formula is C27H40F12O7S.